The Labute approximate surface area is 121 Å². The van der Waals surface area contributed by atoms with E-state index in [2.05, 4.69) is 5.32 Å². The summed E-state index contributed by atoms with van der Waals surface area (Å²) in [4.78, 5) is 14.0. The second-order valence-corrected chi connectivity index (χ2v) is 5.11. The quantitative estimate of drug-likeness (QED) is 0.846. The Morgan fingerprint density at radius 3 is 2.76 bits per heavy atom. The SMILES string of the molecule is CC1Cc2ccccc2N1C(=O)Nc1ccc(F)cc1F. The van der Waals surface area contributed by atoms with Gasteiger partial charge in [-0.3, -0.25) is 4.90 Å². The highest BCUT2D eigenvalue weighted by atomic mass is 19.1. The van der Waals surface area contributed by atoms with Crippen molar-refractivity contribution >= 4 is 17.4 Å². The fourth-order valence-corrected chi connectivity index (χ4v) is 2.64. The van der Waals surface area contributed by atoms with Crippen molar-refractivity contribution in [1.82, 2.24) is 0 Å². The van der Waals surface area contributed by atoms with E-state index >= 15 is 0 Å². The Balaban J connectivity index is 1.86. The van der Waals surface area contributed by atoms with Gasteiger partial charge >= 0.3 is 6.03 Å². The minimum absolute atomic E-state index is 0.00842. The molecule has 0 aromatic heterocycles. The number of nitrogens with one attached hydrogen (secondary N) is 1. The summed E-state index contributed by atoms with van der Waals surface area (Å²) in [6.45, 7) is 1.93. The number of carbonyl (C=O) groups is 1. The zero-order chi connectivity index (χ0) is 15.0. The molecule has 3 rings (SSSR count). The first kappa shape index (κ1) is 13.5. The third-order valence-corrected chi connectivity index (χ3v) is 3.60. The maximum atomic E-state index is 13.6. The van der Waals surface area contributed by atoms with E-state index in [1.807, 2.05) is 31.2 Å². The summed E-state index contributed by atoms with van der Waals surface area (Å²) >= 11 is 0. The molecular weight excluding hydrogens is 274 g/mol. The molecule has 1 atom stereocenters. The molecule has 1 heterocycles. The molecule has 0 saturated carbocycles. The fourth-order valence-electron chi connectivity index (χ4n) is 2.64. The summed E-state index contributed by atoms with van der Waals surface area (Å²) in [7, 11) is 0. The molecule has 1 aliphatic rings. The lowest BCUT2D eigenvalue weighted by Gasteiger charge is -2.23. The summed E-state index contributed by atoms with van der Waals surface area (Å²) in [6, 6.07) is 10.3. The summed E-state index contributed by atoms with van der Waals surface area (Å²) < 4.78 is 26.5. The highest BCUT2D eigenvalue weighted by molar-refractivity contribution is 6.03. The van der Waals surface area contributed by atoms with Crippen LogP contribution in [0.2, 0.25) is 0 Å². The van der Waals surface area contributed by atoms with Crippen molar-refractivity contribution < 1.29 is 13.6 Å². The van der Waals surface area contributed by atoms with Crippen LogP contribution in [0.25, 0.3) is 0 Å². The Morgan fingerprint density at radius 2 is 2.00 bits per heavy atom. The number of anilines is 2. The normalized spacial score (nSPS) is 16.7. The third kappa shape index (κ3) is 2.46. The van der Waals surface area contributed by atoms with Gasteiger partial charge < -0.3 is 5.32 Å². The molecule has 1 N–H and O–H groups in total. The predicted molar refractivity (Wildman–Crippen MR) is 77.5 cm³/mol. The van der Waals surface area contributed by atoms with E-state index in [0.29, 0.717) is 0 Å². The van der Waals surface area contributed by atoms with Crippen LogP contribution in [-0.2, 0) is 6.42 Å². The molecule has 0 fully saturated rings. The van der Waals surface area contributed by atoms with Crippen molar-refractivity contribution in [3.05, 3.63) is 59.7 Å². The van der Waals surface area contributed by atoms with Crippen LogP contribution >= 0.6 is 0 Å². The van der Waals surface area contributed by atoms with E-state index in [4.69, 9.17) is 0 Å². The Morgan fingerprint density at radius 1 is 1.24 bits per heavy atom. The molecule has 5 heteroatoms. The molecular formula is C16H14F2N2O. The fraction of sp³-hybridized carbons (Fsp3) is 0.188. The van der Waals surface area contributed by atoms with Crippen LogP contribution in [0.3, 0.4) is 0 Å². The number of nitrogens with zero attached hydrogens (tertiary/aromatic N) is 1. The van der Waals surface area contributed by atoms with Gasteiger partial charge in [0.2, 0.25) is 0 Å². The molecule has 0 bridgehead atoms. The van der Waals surface area contributed by atoms with E-state index in [9.17, 15) is 13.6 Å². The topological polar surface area (TPSA) is 32.3 Å². The van der Waals surface area contributed by atoms with E-state index in [1.165, 1.54) is 6.07 Å². The van der Waals surface area contributed by atoms with Crippen molar-refractivity contribution in [2.75, 3.05) is 10.2 Å². The average Bonchev–Trinajstić information content (AvgIpc) is 2.77. The van der Waals surface area contributed by atoms with E-state index < -0.39 is 17.7 Å². The molecule has 0 radical (unpaired) electrons. The van der Waals surface area contributed by atoms with Crippen LogP contribution in [0.5, 0.6) is 0 Å². The van der Waals surface area contributed by atoms with Crippen molar-refractivity contribution in [3.63, 3.8) is 0 Å². The van der Waals surface area contributed by atoms with Crippen molar-refractivity contribution in [1.29, 1.82) is 0 Å². The van der Waals surface area contributed by atoms with Gasteiger partial charge in [0.1, 0.15) is 11.6 Å². The maximum absolute atomic E-state index is 13.6. The van der Waals surface area contributed by atoms with Crippen LogP contribution in [0.15, 0.2) is 42.5 Å². The minimum Gasteiger partial charge on any atom is -0.305 e. The van der Waals surface area contributed by atoms with Crippen molar-refractivity contribution in [2.24, 2.45) is 0 Å². The van der Waals surface area contributed by atoms with Crippen molar-refractivity contribution in [3.8, 4) is 0 Å². The monoisotopic (exact) mass is 288 g/mol. The molecule has 2 amide bonds. The van der Waals surface area contributed by atoms with Gasteiger partial charge in [-0.15, -0.1) is 0 Å². The van der Waals surface area contributed by atoms with Gasteiger partial charge in [-0.1, -0.05) is 18.2 Å². The van der Waals surface area contributed by atoms with Gasteiger partial charge in [-0.25, -0.2) is 13.6 Å². The lowest BCUT2D eigenvalue weighted by atomic mass is 10.1. The number of carbonyl (C=O) groups excluding carboxylic acids is 1. The Kier molecular flexibility index (Phi) is 3.33. The Bertz CT molecular complexity index is 702. The van der Waals surface area contributed by atoms with E-state index in [0.717, 1.165) is 29.8 Å². The number of hydrogen-bond donors (Lipinski definition) is 1. The van der Waals surface area contributed by atoms with Gasteiger partial charge in [0.25, 0.3) is 0 Å². The first-order chi connectivity index (χ1) is 10.1. The van der Waals surface area contributed by atoms with Crippen LogP contribution < -0.4 is 10.2 Å². The Hall–Kier alpha value is -2.43. The standard InChI is InChI=1S/C16H14F2N2O/c1-10-8-11-4-2-3-5-15(11)20(10)16(21)19-14-7-6-12(17)9-13(14)18/h2-7,9-10H,8H2,1H3,(H,19,21). The number of halogens is 2. The molecule has 0 aliphatic carbocycles. The molecule has 1 aliphatic heterocycles. The number of amides is 2. The molecule has 1 unspecified atom stereocenters. The molecule has 3 nitrogen and oxygen atoms in total. The van der Waals surface area contributed by atoms with Crippen molar-refractivity contribution in [2.45, 2.75) is 19.4 Å². The second-order valence-electron chi connectivity index (χ2n) is 5.11. The van der Waals surface area contributed by atoms with E-state index in [-0.39, 0.29) is 11.7 Å². The lowest BCUT2D eigenvalue weighted by Crippen LogP contribution is -2.39. The summed E-state index contributed by atoms with van der Waals surface area (Å²) in [5.41, 5.74) is 1.88. The van der Waals surface area contributed by atoms with Gasteiger partial charge in [-0.2, -0.15) is 0 Å². The lowest BCUT2D eigenvalue weighted by molar-refractivity contribution is 0.255. The molecule has 21 heavy (non-hydrogen) atoms. The van der Waals surface area contributed by atoms with Crippen LogP contribution in [0.4, 0.5) is 25.0 Å². The zero-order valence-corrected chi connectivity index (χ0v) is 11.4. The predicted octanol–water partition coefficient (Wildman–Crippen LogP) is 3.95. The summed E-state index contributed by atoms with van der Waals surface area (Å²) in [5, 5.41) is 2.50. The average molecular weight is 288 g/mol. The van der Waals surface area contributed by atoms with Gasteiger partial charge in [0, 0.05) is 17.8 Å². The number of fused-ring (bicyclic) bond motifs is 1. The number of hydrogen-bond acceptors (Lipinski definition) is 1. The van der Waals surface area contributed by atoms with Crippen LogP contribution in [-0.4, -0.2) is 12.1 Å². The summed E-state index contributed by atoms with van der Waals surface area (Å²) in [6.07, 6.45) is 0.759. The molecule has 0 saturated heterocycles. The zero-order valence-electron chi connectivity index (χ0n) is 11.4. The van der Waals surface area contributed by atoms with E-state index in [1.54, 1.807) is 4.90 Å². The first-order valence-corrected chi connectivity index (χ1v) is 6.69. The molecule has 0 spiro atoms. The minimum atomic E-state index is -0.788. The number of benzene rings is 2. The molecule has 2 aromatic carbocycles. The number of para-hydroxylation sites is 1. The second kappa shape index (κ2) is 5.16. The highest BCUT2D eigenvalue weighted by Crippen LogP contribution is 2.32. The van der Waals surface area contributed by atoms with Gasteiger partial charge in [0.05, 0.1) is 5.69 Å². The number of urea groups is 1. The first-order valence-electron chi connectivity index (χ1n) is 6.69. The van der Waals surface area contributed by atoms with Gasteiger partial charge in [0.15, 0.2) is 0 Å². The smallest absolute Gasteiger partial charge is 0.305 e. The third-order valence-electron chi connectivity index (χ3n) is 3.60. The van der Waals surface area contributed by atoms with Crippen LogP contribution in [0.1, 0.15) is 12.5 Å². The highest BCUT2D eigenvalue weighted by Gasteiger charge is 2.30. The number of rotatable bonds is 1. The maximum Gasteiger partial charge on any atom is 0.326 e. The summed E-state index contributed by atoms with van der Waals surface area (Å²) in [5.74, 6) is -1.46. The molecule has 108 valence electrons. The largest absolute Gasteiger partial charge is 0.326 e. The van der Waals surface area contributed by atoms with Crippen LogP contribution in [0, 0.1) is 11.6 Å². The van der Waals surface area contributed by atoms with Gasteiger partial charge in [-0.05, 0) is 37.1 Å². The molecule has 2 aromatic rings.